The number of hydrogen-bond donors (Lipinski definition) is 2. The van der Waals surface area contributed by atoms with E-state index >= 15 is 0 Å². The maximum absolute atomic E-state index is 11.6. The minimum Gasteiger partial charge on any atom is -0.493 e. The Bertz CT molecular complexity index is 729. The zero-order valence-corrected chi connectivity index (χ0v) is 11.6. The van der Waals surface area contributed by atoms with Crippen LogP contribution in [0.2, 0.25) is 0 Å². The van der Waals surface area contributed by atoms with E-state index in [1.807, 2.05) is 0 Å². The van der Waals surface area contributed by atoms with Gasteiger partial charge in [-0.2, -0.15) is 0 Å². The SMILES string of the molecule is COc1ccccc1Oc1ccc(N)cc1S(N)(=O)=O. The van der Waals surface area contributed by atoms with Gasteiger partial charge >= 0.3 is 0 Å². The van der Waals surface area contributed by atoms with E-state index in [1.54, 1.807) is 24.3 Å². The van der Waals surface area contributed by atoms with E-state index in [0.717, 1.165) is 0 Å². The minimum atomic E-state index is -3.94. The number of sulfonamides is 1. The topological polar surface area (TPSA) is 105 Å². The molecule has 0 unspecified atom stereocenters. The van der Waals surface area contributed by atoms with E-state index in [0.29, 0.717) is 11.5 Å². The number of ether oxygens (including phenoxy) is 2. The average molecular weight is 294 g/mol. The van der Waals surface area contributed by atoms with Crippen molar-refractivity contribution in [3.8, 4) is 17.2 Å². The normalized spacial score (nSPS) is 11.1. The van der Waals surface area contributed by atoms with Gasteiger partial charge in [-0.3, -0.25) is 0 Å². The number of nitrogens with two attached hydrogens (primary N) is 2. The first-order valence-electron chi connectivity index (χ1n) is 5.65. The molecule has 0 spiro atoms. The molecule has 0 aliphatic rings. The van der Waals surface area contributed by atoms with E-state index in [1.165, 1.54) is 25.3 Å². The average Bonchev–Trinajstić information content (AvgIpc) is 2.40. The van der Waals surface area contributed by atoms with Crippen LogP contribution in [0.25, 0.3) is 0 Å². The second-order valence-electron chi connectivity index (χ2n) is 4.00. The van der Waals surface area contributed by atoms with E-state index in [2.05, 4.69) is 0 Å². The molecule has 0 aliphatic heterocycles. The molecule has 0 saturated heterocycles. The Kier molecular flexibility index (Phi) is 3.82. The van der Waals surface area contributed by atoms with Crippen LogP contribution in [0.5, 0.6) is 17.2 Å². The quantitative estimate of drug-likeness (QED) is 0.835. The van der Waals surface area contributed by atoms with Gasteiger partial charge in [0.2, 0.25) is 10.0 Å². The van der Waals surface area contributed by atoms with Crippen LogP contribution in [0.3, 0.4) is 0 Å². The van der Waals surface area contributed by atoms with Crippen LogP contribution in [-0.4, -0.2) is 15.5 Å². The summed E-state index contributed by atoms with van der Waals surface area (Å²) in [7, 11) is -2.45. The van der Waals surface area contributed by atoms with Crippen LogP contribution in [0.4, 0.5) is 5.69 Å². The van der Waals surface area contributed by atoms with Gasteiger partial charge in [0.1, 0.15) is 10.6 Å². The first kappa shape index (κ1) is 14.2. The number of primary sulfonamides is 1. The Hall–Kier alpha value is -2.25. The molecule has 6 nitrogen and oxygen atoms in total. The lowest BCUT2D eigenvalue weighted by Crippen LogP contribution is -2.13. The van der Waals surface area contributed by atoms with Crippen molar-refractivity contribution in [2.75, 3.05) is 12.8 Å². The Morgan fingerprint density at radius 2 is 1.65 bits per heavy atom. The van der Waals surface area contributed by atoms with E-state index < -0.39 is 10.0 Å². The van der Waals surface area contributed by atoms with Crippen LogP contribution < -0.4 is 20.3 Å². The third kappa shape index (κ3) is 3.01. The van der Waals surface area contributed by atoms with Crippen LogP contribution >= 0.6 is 0 Å². The van der Waals surface area contributed by atoms with Gasteiger partial charge in [-0.1, -0.05) is 12.1 Å². The second kappa shape index (κ2) is 5.40. The fourth-order valence-corrected chi connectivity index (χ4v) is 2.34. The largest absolute Gasteiger partial charge is 0.493 e. The third-order valence-electron chi connectivity index (χ3n) is 2.56. The van der Waals surface area contributed by atoms with Gasteiger partial charge in [0, 0.05) is 5.69 Å². The van der Waals surface area contributed by atoms with E-state index in [-0.39, 0.29) is 16.3 Å². The van der Waals surface area contributed by atoms with Crippen molar-refractivity contribution in [2.24, 2.45) is 5.14 Å². The predicted molar refractivity (Wildman–Crippen MR) is 75.3 cm³/mol. The minimum absolute atomic E-state index is 0.0891. The van der Waals surface area contributed by atoms with E-state index in [9.17, 15) is 8.42 Å². The highest BCUT2D eigenvalue weighted by Crippen LogP contribution is 2.34. The number of rotatable bonds is 4. The zero-order chi connectivity index (χ0) is 14.8. The first-order valence-corrected chi connectivity index (χ1v) is 7.19. The van der Waals surface area contributed by atoms with Crippen LogP contribution in [0.1, 0.15) is 0 Å². The monoisotopic (exact) mass is 294 g/mol. The first-order chi connectivity index (χ1) is 9.41. The van der Waals surface area contributed by atoms with Crippen LogP contribution in [-0.2, 0) is 10.0 Å². The molecule has 4 N–H and O–H groups in total. The lowest BCUT2D eigenvalue weighted by Gasteiger charge is -2.12. The molecule has 0 bridgehead atoms. The summed E-state index contributed by atoms with van der Waals surface area (Å²) >= 11 is 0. The fourth-order valence-electron chi connectivity index (χ4n) is 1.65. The number of methoxy groups -OCH3 is 1. The number of anilines is 1. The van der Waals surface area contributed by atoms with Crippen molar-refractivity contribution in [1.82, 2.24) is 0 Å². The predicted octanol–water partition coefficient (Wildman–Crippen LogP) is 1.72. The maximum Gasteiger partial charge on any atom is 0.241 e. The van der Waals surface area contributed by atoms with Crippen molar-refractivity contribution in [3.63, 3.8) is 0 Å². The number of benzene rings is 2. The number of hydrogen-bond acceptors (Lipinski definition) is 5. The summed E-state index contributed by atoms with van der Waals surface area (Å²) in [5.41, 5.74) is 5.85. The summed E-state index contributed by atoms with van der Waals surface area (Å²) in [6.45, 7) is 0. The Labute approximate surface area is 117 Å². The van der Waals surface area contributed by atoms with Gasteiger partial charge in [0.25, 0.3) is 0 Å². The zero-order valence-electron chi connectivity index (χ0n) is 10.7. The molecule has 2 aromatic rings. The number of para-hydroxylation sites is 2. The lowest BCUT2D eigenvalue weighted by atomic mass is 10.3. The summed E-state index contributed by atoms with van der Waals surface area (Å²) in [5, 5.41) is 5.16. The van der Waals surface area contributed by atoms with Gasteiger partial charge in [-0.05, 0) is 30.3 Å². The summed E-state index contributed by atoms with van der Waals surface area (Å²) < 4.78 is 33.8. The van der Waals surface area contributed by atoms with Crippen molar-refractivity contribution in [3.05, 3.63) is 42.5 Å². The summed E-state index contributed by atoms with van der Waals surface area (Å²) in [6.07, 6.45) is 0. The maximum atomic E-state index is 11.6. The highest BCUT2D eigenvalue weighted by atomic mass is 32.2. The molecule has 0 aliphatic carbocycles. The standard InChI is InChI=1S/C13H14N2O4S/c1-18-10-4-2-3-5-11(10)19-12-7-6-9(14)8-13(12)20(15,16)17/h2-8H,14H2,1H3,(H2,15,16,17). The number of nitrogen functional groups attached to an aromatic ring is 1. The molecule has 0 amide bonds. The van der Waals surface area contributed by atoms with Crippen molar-refractivity contribution in [2.45, 2.75) is 4.90 Å². The Morgan fingerprint density at radius 1 is 1.00 bits per heavy atom. The second-order valence-corrected chi connectivity index (χ2v) is 5.53. The van der Waals surface area contributed by atoms with Gasteiger partial charge < -0.3 is 15.2 Å². The summed E-state index contributed by atoms with van der Waals surface area (Å²) in [4.78, 5) is -0.177. The molecular weight excluding hydrogens is 280 g/mol. The van der Waals surface area contributed by atoms with Crippen molar-refractivity contribution >= 4 is 15.7 Å². The Balaban J connectivity index is 2.49. The molecule has 0 saturated carbocycles. The molecule has 106 valence electrons. The highest BCUT2D eigenvalue weighted by Gasteiger charge is 2.17. The van der Waals surface area contributed by atoms with Crippen molar-refractivity contribution < 1.29 is 17.9 Å². The van der Waals surface area contributed by atoms with E-state index in [4.69, 9.17) is 20.3 Å². The van der Waals surface area contributed by atoms with Gasteiger partial charge in [-0.15, -0.1) is 0 Å². The fraction of sp³-hybridized carbons (Fsp3) is 0.0769. The third-order valence-corrected chi connectivity index (χ3v) is 3.50. The Morgan fingerprint density at radius 3 is 2.25 bits per heavy atom. The van der Waals surface area contributed by atoms with Crippen molar-refractivity contribution in [1.29, 1.82) is 0 Å². The molecule has 20 heavy (non-hydrogen) atoms. The molecule has 2 aromatic carbocycles. The molecule has 7 heteroatoms. The van der Waals surface area contributed by atoms with Gasteiger partial charge in [-0.25, -0.2) is 13.6 Å². The molecule has 0 atom stereocenters. The molecule has 0 aromatic heterocycles. The molecule has 0 fully saturated rings. The van der Waals surface area contributed by atoms with Crippen LogP contribution in [0.15, 0.2) is 47.4 Å². The lowest BCUT2D eigenvalue weighted by molar-refractivity contribution is 0.375. The molecule has 0 heterocycles. The molecule has 2 rings (SSSR count). The van der Waals surface area contributed by atoms with Gasteiger partial charge in [0.05, 0.1) is 7.11 Å². The molecule has 0 radical (unpaired) electrons. The highest BCUT2D eigenvalue weighted by molar-refractivity contribution is 7.89. The van der Waals surface area contributed by atoms with Crippen LogP contribution in [0, 0.1) is 0 Å². The smallest absolute Gasteiger partial charge is 0.241 e. The summed E-state index contributed by atoms with van der Waals surface area (Å²) in [6, 6.07) is 11.1. The summed E-state index contributed by atoms with van der Waals surface area (Å²) in [5.74, 6) is 0.945. The molecular formula is C13H14N2O4S. The van der Waals surface area contributed by atoms with Gasteiger partial charge in [0.15, 0.2) is 11.5 Å².